The van der Waals surface area contributed by atoms with Crippen molar-refractivity contribution in [2.45, 2.75) is 39.8 Å². The van der Waals surface area contributed by atoms with Crippen LogP contribution in [0, 0.1) is 5.92 Å². The number of nitrogens with one attached hydrogen (secondary N) is 2. The molecule has 0 amide bonds. The molecular formula is C12H23N3O. The first-order valence-electron chi connectivity index (χ1n) is 5.94. The highest BCUT2D eigenvalue weighted by Crippen LogP contribution is 2.16. The molecule has 0 aliphatic heterocycles. The number of imidazole rings is 1. The zero-order chi connectivity index (χ0) is 12.0. The van der Waals surface area contributed by atoms with Crippen molar-refractivity contribution in [3.05, 3.63) is 17.7 Å². The summed E-state index contributed by atoms with van der Waals surface area (Å²) in [6.07, 6.45) is 2.89. The molecule has 0 aromatic carbocycles. The lowest BCUT2D eigenvalue weighted by atomic mass is 10.2. The van der Waals surface area contributed by atoms with E-state index in [1.165, 1.54) is 0 Å². The Kier molecular flexibility index (Phi) is 5.49. The molecule has 1 atom stereocenters. The minimum Gasteiger partial charge on any atom is -0.374 e. The van der Waals surface area contributed by atoms with Crippen LogP contribution in [0.2, 0.25) is 0 Å². The number of methoxy groups -OCH3 is 1. The predicted molar refractivity (Wildman–Crippen MR) is 65.2 cm³/mol. The standard InChI is InChI=1S/C12H23N3O/c1-5-11(16-4)12-14-8-10(15-12)7-13-6-9(2)3/h8-9,11,13H,5-7H2,1-4H3,(H,14,15). The van der Waals surface area contributed by atoms with Crippen LogP contribution >= 0.6 is 0 Å². The summed E-state index contributed by atoms with van der Waals surface area (Å²) in [7, 11) is 1.72. The highest BCUT2D eigenvalue weighted by Gasteiger charge is 2.11. The Labute approximate surface area is 97.8 Å². The van der Waals surface area contributed by atoms with Crippen molar-refractivity contribution in [2.75, 3.05) is 13.7 Å². The van der Waals surface area contributed by atoms with Gasteiger partial charge in [0.25, 0.3) is 0 Å². The number of nitrogens with zero attached hydrogens (tertiary/aromatic N) is 1. The van der Waals surface area contributed by atoms with E-state index in [1.807, 2.05) is 6.20 Å². The second kappa shape index (κ2) is 6.66. The summed E-state index contributed by atoms with van der Waals surface area (Å²) in [5.41, 5.74) is 1.12. The third-order valence-corrected chi connectivity index (χ3v) is 2.48. The van der Waals surface area contributed by atoms with Crippen LogP contribution in [0.25, 0.3) is 0 Å². The topological polar surface area (TPSA) is 49.9 Å². The van der Waals surface area contributed by atoms with Gasteiger partial charge in [-0.15, -0.1) is 0 Å². The minimum atomic E-state index is 0.0823. The van der Waals surface area contributed by atoms with E-state index < -0.39 is 0 Å². The van der Waals surface area contributed by atoms with E-state index in [1.54, 1.807) is 7.11 Å². The first-order valence-corrected chi connectivity index (χ1v) is 5.94. The van der Waals surface area contributed by atoms with Gasteiger partial charge in [0.2, 0.25) is 0 Å². The number of ether oxygens (including phenoxy) is 1. The van der Waals surface area contributed by atoms with Crippen molar-refractivity contribution in [1.29, 1.82) is 0 Å². The molecule has 1 aromatic heterocycles. The number of aromatic nitrogens is 2. The van der Waals surface area contributed by atoms with Crippen LogP contribution in [0.4, 0.5) is 0 Å². The molecule has 0 spiro atoms. The van der Waals surface area contributed by atoms with Gasteiger partial charge in [0.1, 0.15) is 11.9 Å². The molecule has 0 fully saturated rings. The van der Waals surface area contributed by atoms with Gasteiger partial charge in [0.15, 0.2) is 0 Å². The molecule has 0 radical (unpaired) electrons. The minimum absolute atomic E-state index is 0.0823. The lowest BCUT2D eigenvalue weighted by Crippen LogP contribution is -2.19. The molecule has 1 heterocycles. The molecule has 1 rings (SSSR count). The van der Waals surface area contributed by atoms with Crippen molar-refractivity contribution >= 4 is 0 Å². The van der Waals surface area contributed by atoms with E-state index in [9.17, 15) is 0 Å². The Morgan fingerprint density at radius 3 is 2.81 bits per heavy atom. The second-order valence-corrected chi connectivity index (χ2v) is 4.45. The van der Waals surface area contributed by atoms with Crippen LogP contribution in [0.5, 0.6) is 0 Å². The maximum absolute atomic E-state index is 5.33. The normalized spacial score (nSPS) is 13.3. The van der Waals surface area contributed by atoms with Crippen molar-refractivity contribution in [3.63, 3.8) is 0 Å². The predicted octanol–water partition coefficient (Wildman–Crippen LogP) is 2.25. The van der Waals surface area contributed by atoms with Crippen molar-refractivity contribution in [3.8, 4) is 0 Å². The average Bonchev–Trinajstić information content (AvgIpc) is 2.68. The SMILES string of the molecule is CCC(OC)c1ncc(CNCC(C)C)[nH]1. The molecule has 16 heavy (non-hydrogen) atoms. The summed E-state index contributed by atoms with van der Waals surface area (Å²) in [6.45, 7) is 8.35. The fourth-order valence-corrected chi connectivity index (χ4v) is 1.60. The van der Waals surface area contributed by atoms with E-state index in [0.29, 0.717) is 5.92 Å². The van der Waals surface area contributed by atoms with Gasteiger partial charge in [-0.3, -0.25) is 0 Å². The van der Waals surface area contributed by atoms with E-state index >= 15 is 0 Å². The summed E-state index contributed by atoms with van der Waals surface area (Å²) in [4.78, 5) is 7.63. The molecule has 4 nitrogen and oxygen atoms in total. The van der Waals surface area contributed by atoms with Crippen molar-refractivity contribution < 1.29 is 4.74 Å². The maximum Gasteiger partial charge on any atom is 0.135 e. The van der Waals surface area contributed by atoms with Gasteiger partial charge >= 0.3 is 0 Å². The molecule has 0 aliphatic rings. The molecular weight excluding hydrogens is 202 g/mol. The lowest BCUT2D eigenvalue weighted by Gasteiger charge is -2.09. The summed E-state index contributed by atoms with van der Waals surface area (Å²) in [5.74, 6) is 1.59. The van der Waals surface area contributed by atoms with Crippen LogP contribution < -0.4 is 5.32 Å². The summed E-state index contributed by atoms with van der Waals surface area (Å²) >= 11 is 0. The Morgan fingerprint density at radius 2 is 2.25 bits per heavy atom. The van der Waals surface area contributed by atoms with E-state index in [-0.39, 0.29) is 6.10 Å². The molecule has 0 saturated carbocycles. The maximum atomic E-state index is 5.33. The third-order valence-electron chi connectivity index (χ3n) is 2.48. The Morgan fingerprint density at radius 1 is 1.50 bits per heavy atom. The van der Waals surface area contributed by atoms with E-state index in [0.717, 1.165) is 31.0 Å². The Bertz CT molecular complexity index is 292. The van der Waals surface area contributed by atoms with Crippen LogP contribution in [0.3, 0.4) is 0 Å². The smallest absolute Gasteiger partial charge is 0.135 e. The van der Waals surface area contributed by atoms with Crippen LogP contribution in [-0.4, -0.2) is 23.6 Å². The Balaban J connectivity index is 2.44. The van der Waals surface area contributed by atoms with Gasteiger partial charge in [-0.25, -0.2) is 4.98 Å². The molecule has 1 unspecified atom stereocenters. The van der Waals surface area contributed by atoms with Crippen molar-refractivity contribution in [1.82, 2.24) is 15.3 Å². The Hall–Kier alpha value is -0.870. The average molecular weight is 225 g/mol. The van der Waals surface area contributed by atoms with Crippen LogP contribution in [0.1, 0.15) is 44.8 Å². The first-order chi connectivity index (χ1) is 7.67. The van der Waals surface area contributed by atoms with Gasteiger partial charge in [0, 0.05) is 25.5 Å². The largest absolute Gasteiger partial charge is 0.374 e. The highest BCUT2D eigenvalue weighted by molar-refractivity contribution is 5.03. The molecule has 0 saturated heterocycles. The number of H-pyrrole nitrogens is 1. The first kappa shape index (κ1) is 13.2. The quantitative estimate of drug-likeness (QED) is 0.748. The van der Waals surface area contributed by atoms with Gasteiger partial charge < -0.3 is 15.0 Å². The molecule has 0 aliphatic carbocycles. The molecule has 1 aromatic rings. The monoisotopic (exact) mass is 225 g/mol. The van der Waals surface area contributed by atoms with E-state index in [2.05, 4.69) is 36.1 Å². The molecule has 4 heteroatoms. The van der Waals surface area contributed by atoms with Gasteiger partial charge in [-0.05, 0) is 18.9 Å². The van der Waals surface area contributed by atoms with Crippen LogP contribution in [0.15, 0.2) is 6.20 Å². The highest BCUT2D eigenvalue weighted by atomic mass is 16.5. The number of hydrogen-bond acceptors (Lipinski definition) is 3. The molecule has 2 N–H and O–H groups in total. The van der Waals surface area contributed by atoms with Gasteiger partial charge in [-0.2, -0.15) is 0 Å². The van der Waals surface area contributed by atoms with Gasteiger partial charge in [0.05, 0.1) is 0 Å². The number of aromatic amines is 1. The van der Waals surface area contributed by atoms with Crippen molar-refractivity contribution in [2.24, 2.45) is 5.92 Å². The lowest BCUT2D eigenvalue weighted by molar-refractivity contribution is 0.0932. The fourth-order valence-electron chi connectivity index (χ4n) is 1.60. The zero-order valence-electron chi connectivity index (χ0n) is 10.7. The number of hydrogen-bond donors (Lipinski definition) is 2. The number of rotatable bonds is 7. The molecule has 0 bridgehead atoms. The summed E-state index contributed by atoms with van der Waals surface area (Å²) in [5, 5.41) is 3.38. The van der Waals surface area contributed by atoms with E-state index in [4.69, 9.17) is 4.74 Å². The zero-order valence-corrected chi connectivity index (χ0v) is 10.7. The fraction of sp³-hybridized carbons (Fsp3) is 0.750. The van der Waals surface area contributed by atoms with Crippen LogP contribution in [-0.2, 0) is 11.3 Å². The third kappa shape index (κ3) is 3.94. The van der Waals surface area contributed by atoms with Gasteiger partial charge in [-0.1, -0.05) is 20.8 Å². The second-order valence-electron chi connectivity index (χ2n) is 4.45. The summed E-state index contributed by atoms with van der Waals surface area (Å²) in [6, 6.07) is 0. The molecule has 92 valence electrons. The summed E-state index contributed by atoms with van der Waals surface area (Å²) < 4.78 is 5.33.